The second-order valence-electron chi connectivity index (χ2n) is 5.50. The summed E-state index contributed by atoms with van der Waals surface area (Å²) in [7, 11) is -3.62. The van der Waals surface area contributed by atoms with E-state index in [1.807, 2.05) is 0 Å². The minimum absolute atomic E-state index is 0.0227. The van der Waals surface area contributed by atoms with Crippen molar-refractivity contribution in [3.8, 4) is 0 Å². The van der Waals surface area contributed by atoms with Gasteiger partial charge >= 0.3 is 0 Å². The van der Waals surface area contributed by atoms with Crippen molar-refractivity contribution < 1.29 is 13.2 Å². The van der Waals surface area contributed by atoms with Crippen molar-refractivity contribution in [2.24, 2.45) is 0 Å². The first kappa shape index (κ1) is 14.8. The van der Waals surface area contributed by atoms with E-state index < -0.39 is 10.0 Å². The van der Waals surface area contributed by atoms with Gasteiger partial charge in [0, 0.05) is 24.7 Å². The molecule has 1 aromatic carbocycles. The lowest BCUT2D eigenvalue weighted by atomic mass is 10.2. The van der Waals surface area contributed by atoms with Crippen molar-refractivity contribution >= 4 is 27.5 Å². The third kappa shape index (κ3) is 3.07. The Hall–Kier alpha value is -1.11. The van der Waals surface area contributed by atoms with Crippen molar-refractivity contribution in [3.63, 3.8) is 0 Å². The molecule has 0 unspecified atom stereocenters. The summed E-state index contributed by atoms with van der Waals surface area (Å²) in [5.41, 5.74) is 0.337. The van der Waals surface area contributed by atoms with Gasteiger partial charge in [-0.05, 0) is 43.9 Å². The van der Waals surface area contributed by atoms with Gasteiger partial charge in [-0.2, -0.15) is 4.31 Å². The summed E-state index contributed by atoms with van der Waals surface area (Å²) in [4.78, 5) is 12.1. The first-order chi connectivity index (χ1) is 9.98. The molecule has 1 saturated carbocycles. The molecular weight excluding hydrogens is 312 g/mol. The number of hydrogen-bond donors (Lipinski definition) is 1. The number of carbonyl (C=O) groups is 1. The number of carbonyl (C=O) groups excluding carboxylic acids is 1. The van der Waals surface area contributed by atoms with E-state index in [2.05, 4.69) is 5.32 Å². The summed E-state index contributed by atoms with van der Waals surface area (Å²) in [6.07, 6.45) is 3.69. The topological polar surface area (TPSA) is 66.5 Å². The van der Waals surface area contributed by atoms with Gasteiger partial charge in [-0.3, -0.25) is 4.79 Å². The van der Waals surface area contributed by atoms with Crippen LogP contribution in [0.2, 0.25) is 5.02 Å². The van der Waals surface area contributed by atoms with Gasteiger partial charge in [-0.1, -0.05) is 11.6 Å². The fourth-order valence-electron chi connectivity index (χ4n) is 2.41. The molecule has 0 bridgehead atoms. The van der Waals surface area contributed by atoms with Crippen LogP contribution in [0.5, 0.6) is 0 Å². The quantitative estimate of drug-likeness (QED) is 0.919. The average Bonchev–Trinajstić information content (AvgIpc) is 3.07. The maximum Gasteiger partial charge on any atom is 0.251 e. The summed E-state index contributed by atoms with van der Waals surface area (Å²) < 4.78 is 26.6. The van der Waals surface area contributed by atoms with Crippen LogP contribution in [0.1, 0.15) is 36.0 Å². The van der Waals surface area contributed by atoms with E-state index in [4.69, 9.17) is 11.6 Å². The normalized spacial score (nSPS) is 19.7. The van der Waals surface area contributed by atoms with Gasteiger partial charge in [0.05, 0.1) is 5.02 Å². The molecule has 1 amide bonds. The van der Waals surface area contributed by atoms with Gasteiger partial charge in [0.1, 0.15) is 4.90 Å². The number of sulfonamides is 1. The third-order valence-electron chi connectivity index (χ3n) is 3.79. The number of rotatable bonds is 4. The van der Waals surface area contributed by atoms with E-state index in [-0.39, 0.29) is 21.9 Å². The van der Waals surface area contributed by atoms with E-state index in [1.165, 1.54) is 16.4 Å². The van der Waals surface area contributed by atoms with E-state index >= 15 is 0 Å². The summed E-state index contributed by atoms with van der Waals surface area (Å²) >= 11 is 6.04. The van der Waals surface area contributed by atoms with Gasteiger partial charge < -0.3 is 5.32 Å². The van der Waals surface area contributed by atoms with Crippen LogP contribution in [0, 0.1) is 0 Å². The average molecular weight is 329 g/mol. The summed E-state index contributed by atoms with van der Waals surface area (Å²) in [5.74, 6) is -0.243. The van der Waals surface area contributed by atoms with Crippen molar-refractivity contribution in [3.05, 3.63) is 28.8 Å². The zero-order valence-corrected chi connectivity index (χ0v) is 13.1. The van der Waals surface area contributed by atoms with Crippen LogP contribution in [0.3, 0.4) is 0 Å². The lowest BCUT2D eigenvalue weighted by molar-refractivity contribution is 0.0951. The molecule has 3 rings (SSSR count). The first-order valence-electron chi connectivity index (χ1n) is 7.09. The standard InChI is InChI=1S/C14H17ClN2O3S/c15-12-6-3-10(14(18)16-11-4-5-11)9-13(12)21(19,20)17-7-1-2-8-17/h3,6,9,11H,1-2,4-5,7-8H2,(H,16,18). The lowest BCUT2D eigenvalue weighted by Crippen LogP contribution is -2.29. The third-order valence-corrected chi connectivity index (χ3v) is 6.17. The Morgan fingerprint density at radius 2 is 1.90 bits per heavy atom. The minimum atomic E-state index is -3.62. The second kappa shape index (κ2) is 5.59. The lowest BCUT2D eigenvalue weighted by Gasteiger charge is -2.17. The number of benzene rings is 1. The Kier molecular flexibility index (Phi) is 3.94. The van der Waals surface area contributed by atoms with Gasteiger partial charge in [-0.25, -0.2) is 8.42 Å². The number of nitrogens with one attached hydrogen (secondary N) is 1. The molecule has 0 atom stereocenters. The predicted octanol–water partition coefficient (Wildman–Crippen LogP) is 2.02. The van der Waals surface area contributed by atoms with E-state index in [0.717, 1.165) is 25.7 Å². The highest BCUT2D eigenvalue weighted by molar-refractivity contribution is 7.89. The zero-order chi connectivity index (χ0) is 15.0. The number of amides is 1. The van der Waals surface area contributed by atoms with Crippen molar-refractivity contribution in [2.75, 3.05) is 13.1 Å². The molecule has 0 spiro atoms. The van der Waals surface area contributed by atoms with Gasteiger partial charge in [0.15, 0.2) is 0 Å². The van der Waals surface area contributed by atoms with Crippen molar-refractivity contribution in [2.45, 2.75) is 36.6 Å². The van der Waals surface area contributed by atoms with Crippen molar-refractivity contribution in [1.29, 1.82) is 0 Å². The Morgan fingerprint density at radius 3 is 2.52 bits per heavy atom. The van der Waals surface area contributed by atoms with Crippen LogP contribution >= 0.6 is 11.6 Å². The molecule has 2 aliphatic rings. The fraction of sp³-hybridized carbons (Fsp3) is 0.500. The van der Waals surface area contributed by atoms with Gasteiger partial charge in [0.2, 0.25) is 10.0 Å². The predicted molar refractivity (Wildman–Crippen MR) is 79.9 cm³/mol. The number of halogens is 1. The number of nitrogens with zero attached hydrogens (tertiary/aromatic N) is 1. The van der Waals surface area contributed by atoms with Crippen LogP contribution in [0.15, 0.2) is 23.1 Å². The molecule has 1 aliphatic carbocycles. The Bertz CT molecular complexity index is 665. The van der Waals surface area contributed by atoms with Crippen LogP contribution in [0.25, 0.3) is 0 Å². The molecule has 7 heteroatoms. The summed E-state index contributed by atoms with van der Waals surface area (Å²) in [6, 6.07) is 4.65. The Morgan fingerprint density at radius 1 is 1.24 bits per heavy atom. The molecule has 114 valence electrons. The molecule has 1 heterocycles. The molecule has 1 aliphatic heterocycles. The van der Waals surface area contributed by atoms with Crippen LogP contribution in [-0.4, -0.2) is 37.8 Å². The molecule has 1 N–H and O–H groups in total. The SMILES string of the molecule is O=C(NC1CC1)c1ccc(Cl)c(S(=O)(=O)N2CCCC2)c1. The van der Waals surface area contributed by atoms with E-state index in [0.29, 0.717) is 18.7 Å². The van der Waals surface area contributed by atoms with Crippen molar-refractivity contribution in [1.82, 2.24) is 9.62 Å². The highest BCUT2D eigenvalue weighted by Crippen LogP contribution is 2.28. The molecule has 0 aromatic heterocycles. The van der Waals surface area contributed by atoms with Gasteiger partial charge in [0.25, 0.3) is 5.91 Å². The largest absolute Gasteiger partial charge is 0.349 e. The molecule has 5 nitrogen and oxygen atoms in total. The monoisotopic (exact) mass is 328 g/mol. The van der Waals surface area contributed by atoms with E-state index in [1.54, 1.807) is 6.07 Å². The van der Waals surface area contributed by atoms with Gasteiger partial charge in [-0.15, -0.1) is 0 Å². The minimum Gasteiger partial charge on any atom is -0.349 e. The maximum atomic E-state index is 12.6. The second-order valence-corrected chi connectivity index (χ2v) is 7.82. The fourth-order valence-corrected chi connectivity index (χ4v) is 4.42. The Labute approximate surface area is 129 Å². The molecule has 0 radical (unpaired) electrons. The zero-order valence-electron chi connectivity index (χ0n) is 11.5. The molecule has 1 saturated heterocycles. The number of hydrogen-bond acceptors (Lipinski definition) is 3. The van der Waals surface area contributed by atoms with Crippen LogP contribution < -0.4 is 5.32 Å². The smallest absolute Gasteiger partial charge is 0.251 e. The first-order valence-corrected chi connectivity index (χ1v) is 8.91. The van der Waals surface area contributed by atoms with Crippen LogP contribution in [0.4, 0.5) is 0 Å². The highest BCUT2D eigenvalue weighted by atomic mass is 35.5. The maximum absolute atomic E-state index is 12.6. The Balaban J connectivity index is 1.91. The van der Waals surface area contributed by atoms with E-state index in [9.17, 15) is 13.2 Å². The highest BCUT2D eigenvalue weighted by Gasteiger charge is 2.30. The van der Waals surface area contributed by atoms with Crippen LogP contribution in [-0.2, 0) is 10.0 Å². The summed E-state index contributed by atoms with van der Waals surface area (Å²) in [6.45, 7) is 1.02. The molecule has 2 fully saturated rings. The summed E-state index contributed by atoms with van der Waals surface area (Å²) in [5, 5.41) is 3.00. The molecule has 21 heavy (non-hydrogen) atoms. The molecular formula is C14H17ClN2O3S. The molecule has 1 aromatic rings.